The van der Waals surface area contributed by atoms with E-state index in [-0.39, 0.29) is 5.82 Å². The first-order valence-corrected chi connectivity index (χ1v) is 6.70. The molecular formula is C16H16FN3O. The van der Waals surface area contributed by atoms with E-state index in [1.807, 2.05) is 13.0 Å². The van der Waals surface area contributed by atoms with Crippen molar-refractivity contribution in [1.29, 1.82) is 0 Å². The third-order valence-corrected chi connectivity index (χ3v) is 3.49. The molecular weight excluding hydrogens is 269 g/mol. The summed E-state index contributed by atoms with van der Waals surface area (Å²) in [7, 11) is 0. The lowest BCUT2D eigenvalue weighted by atomic mass is 10.1. The van der Waals surface area contributed by atoms with Crippen LogP contribution in [0.15, 0.2) is 36.4 Å². The Morgan fingerprint density at radius 2 is 2.05 bits per heavy atom. The highest BCUT2D eigenvalue weighted by Crippen LogP contribution is 2.29. The van der Waals surface area contributed by atoms with Crippen LogP contribution in [0.25, 0.3) is 16.7 Å². The lowest BCUT2D eigenvalue weighted by molar-refractivity contribution is 0.187. The number of imidazole rings is 1. The highest BCUT2D eigenvalue weighted by atomic mass is 19.1. The van der Waals surface area contributed by atoms with E-state index in [1.54, 1.807) is 35.8 Å². The molecule has 1 aromatic heterocycles. The predicted molar refractivity (Wildman–Crippen MR) is 80.8 cm³/mol. The van der Waals surface area contributed by atoms with Gasteiger partial charge in [-0.15, -0.1) is 0 Å². The quantitative estimate of drug-likeness (QED) is 0.711. The van der Waals surface area contributed by atoms with Gasteiger partial charge in [0.05, 0.1) is 16.7 Å². The number of para-hydroxylation sites is 1. The number of nitrogen functional groups attached to an aromatic ring is 1. The normalized spacial score (nSPS) is 12.8. The second-order valence-corrected chi connectivity index (χ2v) is 5.13. The third kappa shape index (κ3) is 2.15. The summed E-state index contributed by atoms with van der Waals surface area (Å²) in [6.45, 7) is 3.44. The van der Waals surface area contributed by atoms with Crippen LogP contribution in [0.3, 0.4) is 0 Å². The average Bonchev–Trinajstić information content (AvgIpc) is 2.77. The van der Waals surface area contributed by atoms with Crippen molar-refractivity contribution in [2.45, 2.75) is 20.0 Å². The van der Waals surface area contributed by atoms with Crippen molar-refractivity contribution in [3.05, 3.63) is 53.6 Å². The topological polar surface area (TPSA) is 64.1 Å². The molecule has 108 valence electrons. The highest BCUT2D eigenvalue weighted by molar-refractivity contribution is 5.82. The fourth-order valence-electron chi connectivity index (χ4n) is 2.54. The molecule has 3 aromatic rings. The zero-order chi connectivity index (χ0) is 15.1. The van der Waals surface area contributed by atoms with Gasteiger partial charge in [-0.3, -0.25) is 4.57 Å². The second kappa shape index (κ2) is 4.86. The lowest BCUT2D eigenvalue weighted by Crippen LogP contribution is -2.08. The summed E-state index contributed by atoms with van der Waals surface area (Å²) >= 11 is 0. The molecule has 0 spiro atoms. The fraction of sp³-hybridized carbons (Fsp3) is 0.188. The molecule has 1 atom stereocenters. The Bertz CT molecular complexity index is 803. The van der Waals surface area contributed by atoms with Crippen molar-refractivity contribution < 1.29 is 9.50 Å². The molecule has 4 nitrogen and oxygen atoms in total. The Kier molecular flexibility index (Phi) is 3.14. The molecule has 21 heavy (non-hydrogen) atoms. The minimum absolute atomic E-state index is 0.354. The molecule has 1 unspecified atom stereocenters. The Hall–Kier alpha value is -2.40. The summed E-state index contributed by atoms with van der Waals surface area (Å²) in [6, 6.07) is 10.1. The number of halogens is 1. The Morgan fingerprint density at radius 1 is 1.29 bits per heavy atom. The number of aliphatic hydroxyl groups is 1. The zero-order valence-electron chi connectivity index (χ0n) is 11.8. The number of rotatable bonds is 2. The third-order valence-electron chi connectivity index (χ3n) is 3.49. The zero-order valence-corrected chi connectivity index (χ0v) is 11.8. The van der Waals surface area contributed by atoms with Crippen molar-refractivity contribution in [2.75, 3.05) is 5.73 Å². The fourth-order valence-corrected chi connectivity index (χ4v) is 2.54. The van der Waals surface area contributed by atoms with Crippen LogP contribution in [0.1, 0.15) is 24.4 Å². The van der Waals surface area contributed by atoms with Crippen LogP contribution in [-0.4, -0.2) is 14.7 Å². The second-order valence-electron chi connectivity index (χ2n) is 5.13. The molecule has 0 aliphatic rings. The molecule has 0 amide bonds. The van der Waals surface area contributed by atoms with E-state index in [2.05, 4.69) is 4.98 Å². The molecule has 0 saturated heterocycles. The largest absolute Gasteiger partial charge is 0.399 e. The molecule has 5 heteroatoms. The monoisotopic (exact) mass is 285 g/mol. The Labute approximate surface area is 121 Å². The van der Waals surface area contributed by atoms with Gasteiger partial charge in [0.2, 0.25) is 0 Å². The number of hydrogen-bond acceptors (Lipinski definition) is 3. The van der Waals surface area contributed by atoms with E-state index in [0.717, 1.165) is 5.56 Å². The average molecular weight is 285 g/mol. The van der Waals surface area contributed by atoms with Gasteiger partial charge in [0.1, 0.15) is 17.7 Å². The molecule has 0 radical (unpaired) electrons. The van der Waals surface area contributed by atoms with Gasteiger partial charge in [-0.2, -0.15) is 0 Å². The Morgan fingerprint density at radius 3 is 2.71 bits per heavy atom. The van der Waals surface area contributed by atoms with Gasteiger partial charge in [-0.1, -0.05) is 12.1 Å². The van der Waals surface area contributed by atoms with E-state index in [9.17, 15) is 9.50 Å². The van der Waals surface area contributed by atoms with Crippen molar-refractivity contribution in [1.82, 2.24) is 9.55 Å². The summed E-state index contributed by atoms with van der Waals surface area (Å²) in [6.07, 6.45) is -0.822. The molecule has 2 aromatic carbocycles. The van der Waals surface area contributed by atoms with Crippen LogP contribution in [0.4, 0.5) is 10.1 Å². The SMILES string of the molecule is Cc1cccc(F)c1-n1c(C(C)O)nc2cc(N)ccc21. The van der Waals surface area contributed by atoms with E-state index >= 15 is 0 Å². The number of nitrogens with two attached hydrogens (primary N) is 1. The van der Waals surface area contributed by atoms with E-state index in [0.29, 0.717) is 28.2 Å². The van der Waals surface area contributed by atoms with E-state index < -0.39 is 6.10 Å². The summed E-state index contributed by atoms with van der Waals surface area (Å²) in [5.41, 5.74) is 8.87. The summed E-state index contributed by atoms with van der Waals surface area (Å²) < 4.78 is 16.0. The first kappa shape index (κ1) is 13.6. The van der Waals surface area contributed by atoms with Gasteiger partial charge in [-0.05, 0) is 43.7 Å². The number of nitrogens with zero attached hydrogens (tertiary/aromatic N) is 2. The summed E-state index contributed by atoms with van der Waals surface area (Å²) in [4.78, 5) is 4.40. The summed E-state index contributed by atoms with van der Waals surface area (Å²) in [5, 5.41) is 9.98. The first-order chi connectivity index (χ1) is 9.99. The molecule has 0 bridgehead atoms. The van der Waals surface area contributed by atoms with E-state index in [4.69, 9.17) is 5.73 Å². The van der Waals surface area contributed by atoms with Crippen LogP contribution in [0.5, 0.6) is 0 Å². The van der Waals surface area contributed by atoms with Gasteiger partial charge in [0.15, 0.2) is 0 Å². The number of benzene rings is 2. The smallest absolute Gasteiger partial charge is 0.147 e. The maximum absolute atomic E-state index is 14.3. The van der Waals surface area contributed by atoms with E-state index in [1.165, 1.54) is 6.07 Å². The van der Waals surface area contributed by atoms with Crippen molar-refractivity contribution in [3.63, 3.8) is 0 Å². The molecule has 3 N–H and O–H groups in total. The minimum Gasteiger partial charge on any atom is -0.399 e. The molecule has 0 fully saturated rings. The van der Waals surface area contributed by atoms with Crippen LogP contribution in [0, 0.1) is 12.7 Å². The van der Waals surface area contributed by atoms with Gasteiger partial charge >= 0.3 is 0 Å². The van der Waals surface area contributed by atoms with Crippen molar-refractivity contribution in [2.24, 2.45) is 0 Å². The predicted octanol–water partition coefficient (Wildman–Crippen LogP) is 3.11. The number of aryl methyl sites for hydroxylation is 1. The lowest BCUT2D eigenvalue weighted by Gasteiger charge is -2.14. The van der Waals surface area contributed by atoms with Gasteiger partial charge in [-0.25, -0.2) is 9.37 Å². The number of fused-ring (bicyclic) bond motifs is 1. The molecule has 3 rings (SSSR count). The maximum atomic E-state index is 14.3. The number of aliphatic hydroxyl groups excluding tert-OH is 1. The van der Waals surface area contributed by atoms with Crippen LogP contribution in [-0.2, 0) is 0 Å². The van der Waals surface area contributed by atoms with Crippen molar-refractivity contribution >= 4 is 16.7 Å². The van der Waals surface area contributed by atoms with Gasteiger partial charge in [0, 0.05) is 5.69 Å². The minimum atomic E-state index is -0.822. The van der Waals surface area contributed by atoms with Gasteiger partial charge < -0.3 is 10.8 Å². The maximum Gasteiger partial charge on any atom is 0.147 e. The van der Waals surface area contributed by atoms with Crippen molar-refractivity contribution in [3.8, 4) is 5.69 Å². The molecule has 0 aliphatic carbocycles. The number of hydrogen-bond donors (Lipinski definition) is 2. The number of aromatic nitrogens is 2. The summed E-state index contributed by atoms with van der Waals surface area (Å²) in [5.74, 6) is 0.0387. The molecule has 1 heterocycles. The number of anilines is 1. The standard InChI is InChI=1S/C16H16FN3O/c1-9-4-3-5-12(17)15(9)20-14-7-6-11(18)8-13(14)19-16(20)10(2)21/h3-8,10,21H,18H2,1-2H3. The van der Waals surface area contributed by atoms with Crippen LogP contribution in [0.2, 0.25) is 0 Å². The van der Waals surface area contributed by atoms with Crippen LogP contribution >= 0.6 is 0 Å². The van der Waals surface area contributed by atoms with Gasteiger partial charge in [0.25, 0.3) is 0 Å². The molecule has 0 aliphatic heterocycles. The first-order valence-electron chi connectivity index (χ1n) is 6.70. The Balaban J connectivity index is 2.42. The van der Waals surface area contributed by atoms with Crippen LogP contribution < -0.4 is 5.73 Å². The highest BCUT2D eigenvalue weighted by Gasteiger charge is 2.19. The molecule has 0 saturated carbocycles.